The molecule has 0 radical (unpaired) electrons. The van der Waals surface area contributed by atoms with Crippen LogP contribution in [0, 0.1) is 0 Å². The maximum absolute atomic E-state index is 10.1. The summed E-state index contributed by atoms with van der Waals surface area (Å²) in [7, 11) is 0. The van der Waals surface area contributed by atoms with Gasteiger partial charge in [0.2, 0.25) is 0 Å². The van der Waals surface area contributed by atoms with Gasteiger partial charge in [0.1, 0.15) is 5.38 Å². The molecule has 0 aromatic heterocycles. The molecule has 0 bridgehead atoms. The van der Waals surface area contributed by atoms with Gasteiger partial charge in [-0.3, -0.25) is 4.79 Å². The van der Waals surface area contributed by atoms with Gasteiger partial charge in [0.05, 0.1) is 0 Å². The average molecular weight is 191 g/mol. The molecule has 0 heterocycles. The number of unbranched alkanes of at least 4 members (excludes halogenated alkanes) is 1. The minimum absolute atomic E-state index is 0. The molecule has 0 aliphatic heterocycles. The van der Waals surface area contributed by atoms with E-state index in [9.17, 15) is 4.79 Å². The van der Waals surface area contributed by atoms with E-state index in [-0.39, 0.29) is 51.4 Å². The normalized spacial score (nSPS) is 11.8. The zero-order valence-electron chi connectivity index (χ0n) is 5.43. The van der Waals surface area contributed by atoms with Crippen molar-refractivity contribution in [3.63, 3.8) is 0 Å². The third-order valence-electron chi connectivity index (χ3n) is 1.08. The maximum atomic E-state index is 10.1. The molecular weight excluding hydrogens is 179 g/mol. The second-order valence-electron chi connectivity index (χ2n) is 1.95. The van der Waals surface area contributed by atoms with Crippen molar-refractivity contribution < 1.29 is 9.90 Å². The number of alkyl halides is 1. The van der Waals surface area contributed by atoms with Crippen LogP contribution in [-0.2, 0) is 4.79 Å². The predicted octanol–water partition coefficient (Wildman–Crippen LogP) is 1.22. The second-order valence-corrected chi connectivity index (χ2v) is 2.47. The first-order chi connectivity index (χ1) is 4.18. The van der Waals surface area contributed by atoms with Crippen molar-refractivity contribution in [3.05, 3.63) is 0 Å². The van der Waals surface area contributed by atoms with E-state index in [1.807, 2.05) is 6.92 Å². The van der Waals surface area contributed by atoms with Gasteiger partial charge in [-0.05, 0) is 6.42 Å². The molecule has 0 saturated carbocycles. The van der Waals surface area contributed by atoms with Crippen LogP contribution in [0.4, 0.5) is 0 Å². The molecule has 0 saturated heterocycles. The van der Waals surface area contributed by atoms with Gasteiger partial charge in [-0.2, -0.15) is 0 Å². The number of hydrogen-bond donors (Lipinski definition) is 1. The summed E-state index contributed by atoms with van der Waals surface area (Å²) in [4.78, 5) is 10.1. The van der Waals surface area contributed by atoms with Crippen LogP contribution in [0.2, 0.25) is 0 Å². The molecule has 2 nitrogen and oxygen atoms in total. The standard InChI is InChI=1S/C6H11ClO2.K.H/c1-2-3-4-5(7)6(8)9;;/h5H,2-4H2,1H3,(H,8,9);;. The molecule has 4 heteroatoms. The van der Waals surface area contributed by atoms with E-state index < -0.39 is 11.3 Å². The summed E-state index contributed by atoms with van der Waals surface area (Å²) in [6, 6.07) is 0. The number of carboxylic acids is 1. The molecule has 0 rings (SSSR count). The van der Waals surface area contributed by atoms with E-state index in [2.05, 4.69) is 0 Å². The third-order valence-corrected chi connectivity index (χ3v) is 1.48. The number of carbonyl (C=O) groups is 1. The number of halogens is 1. The summed E-state index contributed by atoms with van der Waals surface area (Å²) in [5, 5.41) is 7.59. The quantitative estimate of drug-likeness (QED) is 0.535. The van der Waals surface area contributed by atoms with Crippen molar-refractivity contribution in [2.45, 2.75) is 31.6 Å². The molecular formula is C6H12ClKO2. The Bertz CT molecular complexity index is 97.7. The van der Waals surface area contributed by atoms with Gasteiger partial charge < -0.3 is 5.11 Å². The Balaban J connectivity index is 0. The molecule has 0 amide bonds. The molecule has 0 aromatic rings. The van der Waals surface area contributed by atoms with E-state index >= 15 is 0 Å². The number of hydrogen-bond acceptors (Lipinski definition) is 1. The van der Waals surface area contributed by atoms with Crippen LogP contribution >= 0.6 is 11.6 Å². The van der Waals surface area contributed by atoms with Crippen LogP contribution in [0.5, 0.6) is 0 Å². The van der Waals surface area contributed by atoms with Crippen molar-refractivity contribution in [1.82, 2.24) is 0 Å². The van der Waals surface area contributed by atoms with E-state index in [1.165, 1.54) is 0 Å². The number of carboxylic acid groups (broad SMARTS) is 1. The van der Waals surface area contributed by atoms with Crippen molar-refractivity contribution in [3.8, 4) is 0 Å². The second kappa shape index (κ2) is 8.49. The fraction of sp³-hybridized carbons (Fsp3) is 0.833. The number of rotatable bonds is 4. The summed E-state index contributed by atoms with van der Waals surface area (Å²) in [5.41, 5.74) is 0. The van der Waals surface area contributed by atoms with Crippen LogP contribution in [0.1, 0.15) is 26.2 Å². The van der Waals surface area contributed by atoms with Crippen LogP contribution in [0.25, 0.3) is 0 Å². The van der Waals surface area contributed by atoms with Gasteiger partial charge in [0.25, 0.3) is 0 Å². The molecule has 0 aliphatic rings. The van der Waals surface area contributed by atoms with Crippen LogP contribution in [0.15, 0.2) is 0 Å². The Morgan fingerprint density at radius 3 is 2.50 bits per heavy atom. The van der Waals surface area contributed by atoms with Gasteiger partial charge in [0, 0.05) is 0 Å². The van der Waals surface area contributed by atoms with Crippen molar-refractivity contribution in [2.24, 2.45) is 0 Å². The first kappa shape index (κ1) is 14.0. The topological polar surface area (TPSA) is 37.3 Å². The molecule has 1 atom stereocenters. The van der Waals surface area contributed by atoms with E-state index in [1.54, 1.807) is 0 Å². The molecule has 0 spiro atoms. The zero-order valence-corrected chi connectivity index (χ0v) is 6.19. The van der Waals surface area contributed by atoms with Crippen LogP contribution in [0.3, 0.4) is 0 Å². The van der Waals surface area contributed by atoms with Gasteiger partial charge in [-0.25, -0.2) is 0 Å². The monoisotopic (exact) mass is 190 g/mol. The minimum atomic E-state index is -0.912. The molecule has 0 aromatic carbocycles. The molecule has 10 heavy (non-hydrogen) atoms. The first-order valence-electron chi connectivity index (χ1n) is 3.05. The van der Waals surface area contributed by atoms with Crippen molar-refractivity contribution in [2.75, 3.05) is 0 Å². The van der Waals surface area contributed by atoms with E-state index in [0.29, 0.717) is 6.42 Å². The molecule has 0 aliphatic carbocycles. The molecule has 1 N–H and O–H groups in total. The third kappa shape index (κ3) is 7.50. The van der Waals surface area contributed by atoms with E-state index in [0.717, 1.165) is 12.8 Å². The van der Waals surface area contributed by atoms with Gasteiger partial charge in [-0.1, -0.05) is 19.8 Å². The summed E-state index contributed by atoms with van der Waals surface area (Å²) in [6.07, 6.45) is 2.46. The Kier molecular flexibility index (Phi) is 11.8. The summed E-state index contributed by atoms with van der Waals surface area (Å²) < 4.78 is 0. The van der Waals surface area contributed by atoms with Gasteiger partial charge in [-0.15, -0.1) is 11.6 Å². The Morgan fingerprint density at radius 1 is 1.70 bits per heavy atom. The summed E-state index contributed by atoms with van der Waals surface area (Å²) in [5.74, 6) is -0.912. The van der Waals surface area contributed by atoms with Crippen molar-refractivity contribution in [1.29, 1.82) is 0 Å². The molecule has 56 valence electrons. The van der Waals surface area contributed by atoms with Gasteiger partial charge in [0.15, 0.2) is 0 Å². The van der Waals surface area contributed by atoms with E-state index in [4.69, 9.17) is 16.7 Å². The number of aliphatic carboxylic acids is 1. The van der Waals surface area contributed by atoms with Gasteiger partial charge >= 0.3 is 57.4 Å². The zero-order chi connectivity index (χ0) is 7.28. The molecule has 0 fully saturated rings. The summed E-state index contributed by atoms with van der Waals surface area (Å²) >= 11 is 5.39. The van der Waals surface area contributed by atoms with Crippen LogP contribution in [-0.4, -0.2) is 67.8 Å². The predicted molar refractivity (Wildman–Crippen MR) is 44.0 cm³/mol. The fourth-order valence-corrected chi connectivity index (χ4v) is 0.661. The Morgan fingerprint density at radius 2 is 2.20 bits per heavy atom. The Hall–Kier alpha value is 1.40. The Labute approximate surface area is 109 Å². The SMILES string of the molecule is CCCCC(Cl)C(=O)O.[KH]. The molecule has 1 unspecified atom stereocenters. The fourth-order valence-electron chi connectivity index (χ4n) is 0.507. The average Bonchev–Trinajstić information content (AvgIpc) is 1.82. The first-order valence-corrected chi connectivity index (χ1v) is 3.49. The van der Waals surface area contributed by atoms with Crippen LogP contribution < -0.4 is 0 Å². The van der Waals surface area contributed by atoms with Crippen molar-refractivity contribution >= 4 is 69.0 Å². The summed E-state index contributed by atoms with van der Waals surface area (Å²) in [6.45, 7) is 2.01.